The molecule has 4 nitrogen and oxygen atoms in total. The molecule has 1 heterocycles. The summed E-state index contributed by atoms with van der Waals surface area (Å²) in [6.07, 6.45) is 0.716. The van der Waals surface area contributed by atoms with Crippen LogP contribution in [0.2, 0.25) is 0 Å². The summed E-state index contributed by atoms with van der Waals surface area (Å²) >= 11 is 1.48. The van der Waals surface area contributed by atoms with E-state index >= 15 is 0 Å². The highest BCUT2D eigenvalue weighted by Gasteiger charge is 2.22. The molecule has 0 aliphatic carbocycles. The second-order valence-electron chi connectivity index (χ2n) is 5.60. The second-order valence-corrected chi connectivity index (χ2v) is 6.54. The monoisotopic (exact) mass is 339 g/mol. The first kappa shape index (κ1) is 18.6. The van der Waals surface area contributed by atoms with Gasteiger partial charge in [-0.1, -0.05) is 44.2 Å². The smallest absolute Gasteiger partial charge is 0.270 e. The number of amides is 1. The van der Waals surface area contributed by atoms with Gasteiger partial charge < -0.3 is 11.1 Å². The third-order valence-corrected chi connectivity index (χ3v) is 4.30. The van der Waals surface area contributed by atoms with Crippen molar-refractivity contribution in [1.29, 1.82) is 0 Å². The fourth-order valence-corrected chi connectivity index (χ4v) is 2.83. The molecule has 2 rings (SSSR count). The Labute approximate surface area is 141 Å². The minimum atomic E-state index is -0.126. The molecule has 6 heteroatoms. The first-order valence-electron chi connectivity index (χ1n) is 7.01. The predicted molar refractivity (Wildman–Crippen MR) is 93.9 cm³/mol. The van der Waals surface area contributed by atoms with Crippen molar-refractivity contribution in [3.05, 3.63) is 52.0 Å². The lowest BCUT2D eigenvalue weighted by atomic mass is 9.84. The highest BCUT2D eigenvalue weighted by molar-refractivity contribution is 7.09. The Morgan fingerprint density at radius 1 is 1.32 bits per heavy atom. The molecule has 1 aromatic heterocycles. The van der Waals surface area contributed by atoms with Crippen LogP contribution in [-0.2, 0) is 11.8 Å². The zero-order chi connectivity index (χ0) is 15.3. The lowest BCUT2D eigenvalue weighted by Gasteiger charge is -2.25. The van der Waals surface area contributed by atoms with Crippen LogP contribution in [0.3, 0.4) is 0 Å². The first-order chi connectivity index (χ1) is 10.0. The zero-order valence-corrected chi connectivity index (χ0v) is 14.5. The molecule has 120 valence electrons. The first-order valence-corrected chi connectivity index (χ1v) is 7.89. The molecule has 0 radical (unpaired) electrons. The molecule has 0 bridgehead atoms. The summed E-state index contributed by atoms with van der Waals surface area (Å²) in [6, 6.07) is 10.2. The third-order valence-electron chi connectivity index (χ3n) is 3.39. The second kappa shape index (κ2) is 8.27. The van der Waals surface area contributed by atoms with E-state index in [4.69, 9.17) is 5.73 Å². The van der Waals surface area contributed by atoms with Crippen molar-refractivity contribution in [3.8, 4) is 0 Å². The van der Waals surface area contributed by atoms with Crippen LogP contribution in [0.25, 0.3) is 0 Å². The summed E-state index contributed by atoms with van der Waals surface area (Å²) in [5.41, 5.74) is 7.05. The Balaban J connectivity index is 0.00000242. The summed E-state index contributed by atoms with van der Waals surface area (Å²) in [5, 5.41) is 5.66. The number of nitrogens with two attached hydrogens (primary N) is 1. The molecule has 0 spiro atoms. The lowest BCUT2D eigenvalue weighted by molar-refractivity contribution is 0.0941. The van der Waals surface area contributed by atoms with Gasteiger partial charge in [0.25, 0.3) is 5.91 Å². The number of benzene rings is 1. The Morgan fingerprint density at radius 2 is 2.00 bits per heavy atom. The molecule has 1 amide bonds. The minimum Gasteiger partial charge on any atom is -0.350 e. The number of hydrogen-bond donors (Lipinski definition) is 2. The van der Waals surface area contributed by atoms with E-state index < -0.39 is 0 Å². The standard InChI is InChI=1S/C16H21N3OS.ClH/c1-16(2,12-6-4-3-5-7-12)11-18-15(20)13-10-21-14(19-13)8-9-17;/h3-7,10H,8-9,11,17H2,1-2H3,(H,18,20);1H. The number of nitrogens with one attached hydrogen (secondary N) is 1. The average Bonchev–Trinajstić information content (AvgIpc) is 2.95. The average molecular weight is 340 g/mol. The van der Waals surface area contributed by atoms with Crippen molar-refractivity contribution < 1.29 is 4.79 Å². The highest BCUT2D eigenvalue weighted by atomic mass is 35.5. The van der Waals surface area contributed by atoms with Crippen LogP contribution in [0, 0.1) is 0 Å². The minimum absolute atomic E-state index is 0. The van der Waals surface area contributed by atoms with Crippen LogP contribution in [-0.4, -0.2) is 24.0 Å². The van der Waals surface area contributed by atoms with E-state index in [2.05, 4.69) is 36.3 Å². The van der Waals surface area contributed by atoms with Crippen LogP contribution in [0.5, 0.6) is 0 Å². The SMILES string of the molecule is CC(C)(CNC(=O)c1csc(CCN)n1)c1ccccc1.Cl. The summed E-state index contributed by atoms with van der Waals surface area (Å²) in [4.78, 5) is 16.4. The maximum absolute atomic E-state index is 12.1. The topological polar surface area (TPSA) is 68.0 Å². The maximum atomic E-state index is 12.1. The molecule has 0 atom stereocenters. The van der Waals surface area contributed by atoms with Crippen LogP contribution in [0.15, 0.2) is 35.7 Å². The van der Waals surface area contributed by atoms with E-state index in [-0.39, 0.29) is 23.7 Å². The van der Waals surface area contributed by atoms with Crippen molar-refractivity contribution in [2.45, 2.75) is 25.7 Å². The number of rotatable bonds is 6. The summed E-state index contributed by atoms with van der Waals surface area (Å²) in [5.74, 6) is -0.126. The van der Waals surface area contributed by atoms with Gasteiger partial charge in [0.1, 0.15) is 5.69 Å². The molecule has 22 heavy (non-hydrogen) atoms. The van der Waals surface area contributed by atoms with E-state index in [1.807, 2.05) is 18.2 Å². The quantitative estimate of drug-likeness (QED) is 0.850. The molecule has 0 aliphatic heterocycles. The van der Waals surface area contributed by atoms with E-state index in [0.717, 1.165) is 5.01 Å². The van der Waals surface area contributed by atoms with Crippen molar-refractivity contribution in [3.63, 3.8) is 0 Å². The van der Waals surface area contributed by atoms with E-state index in [1.165, 1.54) is 16.9 Å². The van der Waals surface area contributed by atoms with Gasteiger partial charge in [-0.2, -0.15) is 0 Å². The Kier molecular flexibility index (Phi) is 7.00. The Hall–Kier alpha value is -1.43. The van der Waals surface area contributed by atoms with E-state index in [1.54, 1.807) is 5.38 Å². The zero-order valence-electron chi connectivity index (χ0n) is 12.8. The molecule has 0 aliphatic rings. The van der Waals surface area contributed by atoms with Crippen LogP contribution in [0.4, 0.5) is 0 Å². The molecule has 0 saturated heterocycles. The van der Waals surface area contributed by atoms with E-state index in [9.17, 15) is 4.79 Å². The molecule has 0 saturated carbocycles. The van der Waals surface area contributed by atoms with Crippen LogP contribution < -0.4 is 11.1 Å². The molecule has 0 fully saturated rings. The number of aromatic nitrogens is 1. The van der Waals surface area contributed by atoms with Gasteiger partial charge in [-0.05, 0) is 12.1 Å². The predicted octanol–water partition coefficient (Wildman–Crippen LogP) is 2.77. The van der Waals surface area contributed by atoms with Crippen molar-refractivity contribution in [2.75, 3.05) is 13.1 Å². The number of carbonyl (C=O) groups is 1. The Morgan fingerprint density at radius 3 is 2.64 bits per heavy atom. The summed E-state index contributed by atoms with van der Waals surface area (Å²) in [6.45, 7) is 5.35. The lowest BCUT2D eigenvalue weighted by Crippen LogP contribution is -2.36. The van der Waals surface area contributed by atoms with Gasteiger partial charge in [0.2, 0.25) is 0 Å². The van der Waals surface area contributed by atoms with Crippen LogP contribution in [0.1, 0.15) is 34.9 Å². The third kappa shape index (κ3) is 4.80. The molecule has 2 aromatic rings. The van der Waals surface area contributed by atoms with Crippen LogP contribution >= 0.6 is 23.7 Å². The van der Waals surface area contributed by atoms with E-state index in [0.29, 0.717) is 25.2 Å². The molecule has 1 aromatic carbocycles. The van der Waals surface area contributed by atoms with Gasteiger partial charge in [-0.3, -0.25) is 4.79 Å². The largest absolute Gasteiger partial charge is 0.350 e. The molecule has 3 N–H and O–H groups in total. The van der Waals surface area contributed by atoms with Gasteiger partial charge in [0.05, 0.1) is 5.01 Å². The molecule has 0 unspecified atom stereocenters. The van der Waals surface area contributed by atoms with Gasteiger partial charge in [0.15, 0.2) is 0 Å². The maximum Gasteiger partial charge on any atom is 0.270 e. The Bertz CT molecular complexity index is 598. The normalized spacial score (nSPS) is 10.9. The number of carbonyl (C=O) groups excluding carboxylic acids is 1. The van der Waals surface area contributed by atoms with Gasteiger partial charge >= 0.3 is 0 Å². The van der Waals surface area contributed by atoms with Gasteiger partial charge in [0, 0.05) is 23.8 Å². The number of hydrogen-bond acceptors (Lipinski definition) is 4. The molecular weight excluding hydrogens is 318 g/mol. The van der Waals surface area contributed by atoms with Crippen molar-refractivity contribution in [1.82, 2.24) is 10.3 Å². The summed E-state index contributed by atoms with van der Waals surface area (Å²) < 4.78 is 0. The van der Waals surface area contributed by atoms with Gasteiger partial charge in [-0.15, -0.1) is 23.7 Å². The highest BCUT2D eigenvalue weighted by Crippen LogP contribution is 2.21. The number of halogens is 1. The fourth-order valence-electron chi connectivity index (χ4n) is 2.04. The summed E-state index contributed by atoms with van der Waals surface area (Å²) in [7, 11) is 0. The fraction of sp³-hybridized carbons (Fsp3) is 0.375. The van der Waals surface area contributed by atoms with Crippen molar-refractivity contribution >= 4 is 29.7 Å². The van der Waals surface area contributed by atoms with Gasteiger partial charge in [-0.25, -0.2) is 4.98 Å². The van der Waals surface area contributed by atoms with Crippen molar-refractivity contribution in [2.24, 2.45) is 5.73 Å². The number of thiazole rings is 1. The molecular formula is C16H22ClN3OS. The number of nitrogens with zero attached hydrogens (tertiary/aromatic N) is 1.